The second-order valence-electron chi connectivity index (χ2n) is 6.55. The first-order valence-corrected chi connectivity index (χ1v) is 8.58. The lowest BCUT2D eigenvalue weighted by atomic mass is 10.0. The maximum atomic E-state index is 4.27. The molecule has 1 saturated heterocycles. The van der Waals surface area contributed by atoms with Crippen LogP contribution in [-0.4, -0.2) is 45.7 Å². The molecule has 5 nitrogen and oxygen atoms in total. The molecule has 0 radical (unpaired) electrons. The molecule has 4 rings (SSSR count). The zero-order valence-electron chi connectivity index (χ0n) is 14.0. The van der Waals surface area contributed by atoms with E-state index in [-0.39, 0.29) is 0 Å². The molecule has 0 bridgehead atoms. The maximum absolute atomic E-state index is 4.27. The molecule has 2 aromatic heterocycles. The summed E-state index contributed by atoms with van der Waals surface area (Å²) in [6.07, 6.45) is 6.01. The molecule has 0 aliphatic carbocycles. The van der Waals surface area contributed by atoms with Gasteiger partial charge in [-0.25, -0.2) is 9.50 Å². The summed E-state index contributed by atoms with van der Waals surface area (Å²) in [5.41, 5.74) is 3.55. The first kappa shape index (κ1) is 15.1. The highest BCUT2D eigenvalue weighted by Gasteiger charge is 2.22. The molecule has 3 heterocycles. The van der Waals surface area contributed by atoms with E-state index in [2.05, 4.69) is 69.4 Å². The molecule has 0 spiro atoms. The Morgan fingerprint density at radius 2 is 1.92 bits per heavy atom. The van der Waals surface area contributed by atoms with E-state index in [4.69, 9.17) is 0 Å². The van der Waals surface area contributed by atoms with Gasteiger partial charge in [0.05, 0.1) is 0 Å². The minimum Gasteiger partial charge on any atom is -0.372 e. The van der Waals surface area contributed by atoms with Gasteiger partial charge in [0.2, 0.25) is 0 Å². The van der Waals surface area contributed by atoms with Gasteiger partial charge in [-0.15, -0.1) is 0 Å². The van der Waals surface area contributed by atoms with Gasteiger partial charge in [0.15, 0.2) is 5.65 Å². The molecule has 0 amide bonds. The third kappa shape index (κ3) is 3.12. The molecule has 1 aliphatic heterocycles. The molecule has 3 aromatic rings. The highest BCUT2D eigenvalue weighted by molar-refractivity contribution is 5.46. The average Bonchev–Trinajstić information content (AvgIpc) is 3.10. The number of piperidine rings is 1. The summed E-state index contributed by atoms with van der Waals surface area (Å²) in [5, 5.41) is 4.15. The summed E-state index contributed by atoms with van der Waals surface area (Å²) in [6, 6.07) is 15.6. The monoisotopic (exact) mass is 321 g/mol. The number of para-hydroxylation sites is 1. The van der Waals surface area contributed by atoms with E-state index in [0.717, 1.165) is 25.3 Å². The Kier molecular flexibility index (Phi) is 4.17. The Hall–Kier alpha value is -2.40. The number of likely N-dealkylation sites (tertiary alicyclic amines) is 1. The summed E-state index contributed by atoms with van der Waals surface area (Å²) in [6.45, 7) is 3.27. The summed E-state index contributed by atoms with van der Waals surface area (Å²) in [7, 11) is 2.22. The normalized spacial score (nSPS) is 16.5. The van der Waals surface area contributed by atoms with Crippen molar-refractivity contribution in [1.82, 2.24) is 19.5 Å². The number of fused-ring (bicyclic) bond motifs is 1. The Bertz CT molecular complexity index is 790. The summed E-state index contributed by atoms with van der Waals surface area (Å²) < 4.78 is 1.81. The van der Waals surface area contributed by atoms with E-state index in [1.54, 1.807) is 6.33 Å². The van der Waals surface area contributed by atoms with E-state index in [1.807, 2.05) is 10.7 Å². The predicted molar refractivity (Wildman–Crippen MR) is 96.1 cm³/mol. The number of nitrogens with zero attached hydrogens (tertiary/aromatic N) is 5. The molecule has 0 saturated carbocycles. The van der Waals surface area contributed by atoms with Gasteiger partial charge in [-0.2, -0.15) is 5.10 Å². The standard InChI is InChI=1S/C19H23N5/c1-22(17-5-3-2-4-6-17)18-8-10-23(11-9-18)14-16-7-12-24-19(13-16)20-15-21-24/h2-7,12-13,15,18H,8-11,14H2,1H3. The van der Waals surface area contributed by atoms with Crippen molar-refractivity contribution < 1.29 is 0 Å². The van der Waals surface area contributed by atoms with Crippen LogP contribution in [0, 0.1) is 0 Å². The Morgan fingerprint density at radius 3 is 2.71 bits per heavy atom. The molecule has 24 heavy (non-hydrogen) atoms. The van der Waals surface area contributed by atoms with Gasteiger partial charge in [-0.3, -0.25) is 4.90 Å². The van der Waals surface area contributed by atoms with Crippen molar-refractivity contribution in [1.29, 1.82) is 0 Å². The van der Waals surface area contributed by atoms with Crippen LogP contribution in [0.4, 0.5) is 5.69 Å². The SMILES string of the molecule is CN(c1ccccc1)C1CCN(Cc2ccn3ncnc3c2)CC1. The predicted octanol–water partition coefficient (Wildman–Crippen LogP) is 2.83. The number of anilines is 1. The van der Waals surface area contributed by atoms with Gasteiger partial charge in [0.1, 0.15) is 6.33 Å². The van der Waals surface area contributed by atoms with Crippen molar-refractivity contribution in [2.24, 2.45) is 0 Å². The maximum Gasteiger partial charge on any atom is 0.155 e. The van der Waals surface area contributed by atoms with E-state index >= 15 is 0 Å². The minimum atomic E-state index is 0.627. The van der Waals surface area contributed by atoms with Crippen LogP contribution in [0.25, 0.3) is 5.65 Å². The van der Waals surface area contributed by atoms with E-state index < -0.39 is 0 Å². The first-order chi connectivity index (χ1) is 11.8. The van der Waals surface area contributed by atoms with Gasteiger partial charge < -0.3 is 4.90 Å². The quantitative estimate of drug-likeness (QED) is 0.740. The fraction of sp³-hybridized carbons (Fsp3) is 0.368. The molecular formula is C19H23N5. The lowest BCUT2D eigenvalue weighted by Gasteiger charge is -2.37. The molecule has 0 unspecified atom stereocenters. The summed E-state index contributed by atoms with van der Waals surface area (Å²) in [5.74, 6) is 0. The second-order valence-corrected chi connectivity index (χ2v) is 6.55. The highest BCUT2D eigenvalue weighted by Crippen LogP contribution is 2.22. The number of hydrogen-bond donors (Lipinski definition) is 0. The van der Waals surface area contributed by atoms with E-state index in [1.165, 1.54) is 24.1 Å². The van der Waals surface area contributed by atoms with Gasteiger partial charge in [-0.1, -0.05) is 18.2 Å². The van der Waals surface area contributed by atoms with Crippen LogP contribution in [0.5, 0.6) is 0 Å². The van der Waals surface area contributed by atoms with Crippen LogP contribution < -0.4 is 4.90 Å². The summed E-state index contributed by atoms with van der Waals surface area (Å²) >= 11 is 0. The zero-order chi connectivity index (χ0) is 16.4. The lowest BCUT2D eigenvalue weighted by Crippen LogP contribution is -2.43. The molecule has 124 valence electrons. The number of benzene rings is 1. The smallest absolute Gasteiger partial charge is 0.155 e. The van der Waals surface area contributed by atoms with Crippen molar-refractivity contribution in [2.75, 3.05) is 25.0 Å². The van der Waals surface area contributed by atoms with Crippen molar-refractivity contribution in [2.45, 2.75) is 25.4 Å². The average molecular weight is 321 g/mol. The Morgan fingerprint density at radius 1 is 1.12 bits per heavy atom. The van der Waals surface area contributed by atoms with Crippen LogP contribution in [0.15, 0.2) is 55.0 Å². The van der Waals surface area contributed by atoms with Gasteiger partial charge >= 0.3 is 0 Å². The molecule has 5 heteroatoms. The highest BCUT2D eigenvalue weighted by atomic mass is 15.3. The van der Waals surface area contributed by atoms with Gasteiger partial charge in [-0.05, 0) is 42.7 Å². The number of aromatic nitrogens is 3. The van der Waals surface area contributed by atoms with Gasteiger partial charge in [0.25, 0.3) is 0 Å². The Balaban J connectivity index is 1.35. The fourth-order valence-corrected chi connectivity index (χ4v) is 3.55. The van der Waals surface area contributed by atoms with Crippen molar-refractivity contribution in [3.8, 4) is 0 Å². The third-order valence-electron chi connectivity index (χ3n) is 5.02. The fourth-order valence-electron chi connectivity index (χ4n) is 3.55. The molecule has 1 aliphatic rings. The van der Waals surface area contributed by atoms with Crippen LogP contribution in [0.2, 0.25) is 0 Å². The third-order valence-corrected chi connectivity index (χ3v) is 5.02. The first-order valence-electron chi connectivity index (χ1n) is 8.58. The topological polar surface area (TPSA) is 36.7 Å². The van der Waals surface area contributed by atoms with Crippen molar-refractivity contribution >= 4 is 11.3 Å². The number of rotatable bonds is 4. The molecule has 0 atom stereocenters. The van der Waals surface area contributed by atoms with E-state index in [0.29, 0.717) is 6.04 Å². The van der Waals surface area contributed by atoms with Crippen LogP contribution in [0.1, 0.15) is 18.4 Å². The molecular weight excluding hydrogens is 298 g/mol. The molecule has 0 N–H and O–H groups in total. The largest absolute Gasteiger partial charge is 0.372 e. The minimum absolute atomic E-state index is 0.627. The number of hydrogen-bond acceptors (Lipinski definition) is 4. The lowest BCUT2D eigenvalue weighted by molar-refractivity contribution is 0.203. The van der Waals surface area contributed by atoms with Crippen molar-refractivity contribution in [3.05, 3.63) is 60.6 Å². The van der Waals surface area contributed by atoms with Crippen LogP contribution in [0.3, 0.4) is 0 Å². The zero-order valence-corrected chi connectivity index (χ0v) is 14.0. The van der Waals surface area contributed by atoms with E-state index in [9.17, 15) is 0 Å². The second kappa shape index (κ2) is 6.61. The van der Waals surface area contributed by atoms with Crippen LogP contribution >= 0.6 is 0 Å². The van der Waals surface area contributed by atoms with Crippen molar-refractivity contribution in [3.63, 3.8) is 0 Å². The molecule has 1 aromatic carbocycles. The van der Waals surface area contributed by atoms with Crippen LogP contribution in [-0.2, 0) is 6.54 Å². The number of pyridine rings is 1. The molecule has 1 fully saturated rings. The Labute approximate surface area is 142 Å². The summed E-state index contributed by atoms with van der Waals surface area (Å²) in [4.78, 5) is 9.24. The van der Waals surface area contributed by atoms with Gasteiger partial charge in [0, 0.05) is 44.6 Å².